The second kappa shape index (κ2) is 8.03. The topological polar surface area (TPSA) is 45.6 Å². The zero-order valence-corrected chi connectivity index (χ0v) is 18.4. The number of nitrogens with zero attached hydrogens (tertiary/aromatic N) is 3. The first kappa shape index (κ1) is 19.1. The van der Waals surface area contributed by atoms with Crippen molar-refractivity contribution in [3.63, 3.8) is 0 Å². The maximum Gasteiger partial charge on any atom is 0.266 e. The van der Waals surface area contributed by atoms with Crippen LogP contribution < -0.4 is 0 Å². The summed E-state index contributed by atoms with van der Waals surface area (Å²) < 4.78 is 1.01. The summed E-state index contributed by atoms with van der Waals surface area (Å²) in [6.45, 7) is 1.97. The molecule has 0 atom stereocenters. The third-order valence-corrected chi connectivity index (χ3v) is 6.85. The lowest BCUT2D eigenvalue weighted by Crippen LogP contribution is -2.23. The predicted molar refractivity (Wildman–Crippen MR) is 122 cm³/mol. The molecule has 4 rings (SSSR count). The highest BCUT2D eigenvalue weighted by Crippen LogP contribution is 2.38. The van der Waals surface area contributed by atoms with Crippen molar-refractivity contribution in [2.45, 2.75) is 6.92 Å². The number of carbonyl (C=O) groups is 1. The van der Waals surface area contributed by atoms with E-state index in [1.165, 1.54) is 23.1 Å². The van der Waals surface area contributed by atoms with E-state index in [1.807, 2.05) is 66.9 Å². The second-order valence-electron chi connectivity index (χ2n) is 6.20. The molecule has 0 saturated carbocycles. The molecule has 4 nitrogen and oxygen atoms in total. The molecule has 0 unspecified atom stereocenters. The first-order valence-corrected chi connectivity index (χ1v) is 11.0. The van der Waals surface area contributed by atoms with Crippen molar-refractivity contribution >= 4 is 60.8 Å². The predicted octanol–water partition coefficient (Wildman–Crippen LogP) is 6.20. The van der Waals surface area contributed by atoms with Crippen molar-refractivity contribution in [1.82, 2.24) is 9.88 Å². The van der Waals surface area contributed by atoms with Crippen LogP contribution >= 0.6 is 39.0 Å². The summed E-state index contributed by atoms with van der Waals surface area (Å²) in [5, 5.41) is 3.27. The highest BCUT2D eigenvalue weighted by Gasteiger charge is 2.32. The van der Waals surface area contributed by atoms with E-state index in [0.717, 1.165) is 26.9 Å². The minimum atomic E-state index is -0.0380. The van der Waals surface area contributed by atoms with Gasteiger partial charge in [0.05, 0.1) is 10.6 Å². The van der Waals surface area contributed by atoms with Gasteiger partial charge in [0.1, 0.15) is 0 Å². The van der Waals surface area contributed by atoms with E-state index >= 15 is 0 Å². The average Bonchev–Trinajstić information content (AvgIpc) is 3.29. The molecule has 0 aliphatic carbocycles. The number of amidine groups is 1. The Morgan fingerprint density at radius 1 is 1.11 bits per heavy atom. The standard InChI is InChI=1S/C21H16BrN3OS2/c1-13(14-8-10-16(22)11-9-14)18-19(26)25(2)21(28-18)24-20-23-17(12-27-20)15-6-4-3-5-7-15/h3-12H,1-2H3/b18-13-,24-21+. The lowest BCUT2D eigenvalue weighted by Gasteiger charge is -2.07. The van der Waals surface area contributed by atoms with Crippen LogP contribution in [-0.4, -0.2) is 28.0 Å². The van der Waals surface area contributed by atoms with Crippen LogP contribution in [0.1, 0.15) is 12.5 Å². The summed E-state index contributed by atoms with van der Waals surface area (Å²) in [7, 11) is 1.75. The summed E-state index contributed by atoms with van der Waals surface area (Å²) in [5.41, 5.74) is 3.92. The molecule has 0 bridgehead atoms. The highest BCUT2D eigenvalue weighted by atomic mass is 79.9. The Balaban J connectivity index is 1.63. The Morgan fingerprint density at radius 2 is 1.82 bits per heavy atom. The van der Waals surface area contributed by atoms with E-state index in [2.05, 4.69) is 25.9 Å². The zero-order valence-electron chi connectivity index (χ0n) is 15.2. The third kappa shape index (κ3) is 3.83. The number of likely N-dealkylation sites (N-methyl/N-ethyl adjacent to an activating group) is 1. The normalized spacial score (nSPS) is 17.5. The van der Waals surface area contributed by atoms with Crippen molar-refractivity contribution in [3.05, 3.63) is 74.9 Å². The summed E-state index contributed by atoms with van der Waals surface area (Å²) in [6, 6.07) is 18.0. The van der Waals surface area contributed by atoms with Crippen molar-refractivity contribution in [1.29, 1.82) is 0 Å². The van der Waals surface area contributed by atoms with Gasteiger partial charge in [-0.15, -0.1) is 11.3 Å². The van der Waals surface area contributed by atoms with Gasteiger partial charge in [-0.1, -0.05) is 58.4 Å². The van der Waals surface area contributed by atoms with Crippen molar-refractivity contribution < 1.29 is 4.79 Å². The number of hydrogen-bond acceptors (Lipinski definition) is 5. The Labute approximate surface area is 180 Å². The molecule has 140 valence electrons. The summed E-state index contributed by atoms with van der Waals surface area (Å²) in [4.78, 5) is 24.3. The third-order valence-electron chi connectivity index (χ3n) is 4.35. The smallest absolute Gasteiger partial charge is 0.266 e. The number of rotatable bonds is 3. The molecule has 2 heterocycles. The fraction of sp³-hybridized carbons (Fsp3) is 0.0952. The lowest BCUT2D eigenvalue weighted by molar-refractivity contribution is -0.121. The first-order valence-electron chi connectivity index (χ1n) is 8.55. The quantitative estimate of drug-likeness (QED) is 0.429. The number of allylic oxidation sites excluding steroid dienone is 1. The van der Waals surface area contributed by atoms with Gasteiger partial charge in [-0.2, -0.15) is 4.99 Å². The van der Waals surface area contributed by atoms with Crippen molar-refractivity contribution in [2.24, 2.45) is 4.99 Å². The summed E-state index contributed by atoms with van der Waals surface area (Å²) in [6.07, 6.45) is 0. The lowest BCUT2D eigenvalue weighted by atomic mass is 10.1. The van der Waals surface area contributed by atoms with E-state index < -0.39 is 0 Å². The zero-order chi connectivity index (χ0) is 19.7. The van der Waals surface area contributed by atoms with Gasteiger partial charge in [-0.05, 0) is 42.0 Å². The number of thioether (sulfide) groups is 1. The molecule has 1 fully saturated rings. The van der Waals surface area contributed by atoms with Gasteiger partial charge >= 0.3 is 0 Å². The van der Waals surface area contributed by atoms with Gasteiger partial charge < -0.3 is 0 Å². The molecule has 1 aliphatic heterocycles. The number of benzene rings is 2. The molecule has 1 saturated heterocycles. The van der Waals surface area contributed by atoms with Crippen LogP contribution in [0.3, 0.4) is 0 Å². The largest absolute Gasteiger partial charge is 0.289 e. The molecule has 1 amide bonds. The van der Waals surface area contributed by atoms with E-state index in [4.69, 9.17) is 0 Å². The molecule has 0 N–H and O–H groups in total. The van der Waals surface area contributed by atoms with Crippen LogP contribution in [0.4, 0.5) is 5.13 Å². The molecule has 3 aromatic rings. The van der Waals surface area contributed by atoms with E-state index in [0.29, 0.717) is 15.2 Å². The average molecular weight is 470 g/mol. The Hall–Kier alpha value is -2.22. The van der Waals surface area contributed by atoms with Crippen LogP contribution in [0.5, 0.6) is 0 Å². The number of hydrogen-bond donors (Lipinski definition) is 0. The highest BCUT2D eigenvalue weighted by molar-refractivity contribution is 9.10. The minimum absolute atomic E-state index is 0.0380. The fourth-order valence-corrected chi connectivity index (χ4v) is 4.80. The number of thiazole rings is 1. The molecule has 2 aromatic carbocycles. The summed E-state index contributed by atoms with van der Waals surface area (Å²) in [5.74, 6) is -0.0380. The second-order valence-corrected chi connectivity index (χ2v) is 8.93. The van der Waals surface area contributed by atoms with Crippen LogP contribution in [0.15, 0.2) is 74.3 Å². The number of amides is 1. The van der Waals surface area contributed by atoms with Gasteiger partial charge in [-0.25, -0.2) is 4.98 Å². The number of halogens is 1. The van der Waals surface area contributed by atoms with Crippen LogP contribution in [0.2, 0.25) is 0 Å². The molecule has 7 heteroatoms. The maximum absolute atomic E-state index is 12.8. The maximum atomic E-state index is 12.8. The van der Waals surface area contributed by atoms with E-state index in [-0.39, 0.29) is 5.91 Å². The number of aliphatic imine (C=N–C) groups is 1. The number of aromatic nitrogens is 1. The van der Waals surface area contributed by atoms with Crippen LogP contribution in [-0.2, 0) is 4.79 Å². The first-order chi connectivity index (χ1) is 13.5. The van der Waals surface area contributed by atoms with Crippen LogP contribution in [0.25, 0.3) is 16.8 Å². The SMILES string of the molecule is C/C(=C1/S/C(=N/c2nc(-c3ccccc3)cs2)N(C)C1=O)c1ccc(Br)cc1. The van der Waals surface area contributed by atoms with Gasteiger partial charge in [0.15, 0.2) is 5.17 Å². The molecule has 1 aromatic heterocycles. The Morgan fingerprint density at radius 3 is 2.54 bits per heavy atom. The van der Waals surface area contributed by atoms with Gasteiger partial charge in [0.2, 0.25) is 5.13 Å². The molecule has 0 radical (unpaired) electrons. The van der Waals surface area contributed by atoms with Crippen molar-refractivity contribution in [2.75, 3.05) is 7.05 Å². The fourth-order valence-electron chi connectivity index (χ4n) is 2.75. The van der Waals surface area contributed by atoms with Gasteiger partial charge in [0.25, 0.3) is 5.91 Å². The van der Waals surface area contributed by atoms with Gasteiger partial charge in [-0.3, -0.25) is 9.69 Å². The Kier molecular flexibility index (Phi) is 5.48. The summed E-state index contributed by atoms with van der Waals surface area (Å²) >= 11 is 6.31. The van der Waals surface area contributed by atoms with E-state index in [1.54, 1.807) is 11.9 Å². The van der Waals surface area contributed by atoms with Crippen molar-refractivity contribution in [3.8, 4) is 11.3 Å². The molecule has 28 heavy (non-hydrogen) atoms. The molecule has 1 aliphatic rings. The Bertz CT molecular complexity index is 1090. The molecular weight excluding hydrogens is 454 g/mol. The molecular formula is C21H16BrN3OS2. The number of carbonyl (C=O) groups excluding carboxylic acids is 1. The van der Waals surface area contributed by atoms with Gasteiger partial charge in [0, 0.05) is 22.5 Å². The monoisotopic (exact) mass is 469 g/mol. The minimum Gasteiger partial charge on any atom is -0.289 e. The van der Waals surface area contributed by atoms with Crippen LogP contribution in [0, 0.1) is 0 Å². The van der Waals surface area contributed by atoms with E-state index in [9.17, 15) is 4.79 Å². The molecule has 0 spiro atoms.